The highest BCUT2D eigenvalue weighted by molar-refractivity contribution is 7.19. The van der Waals surface area contributed by atoms with Gasteiger partial charge in [-0.25, -0.2) is 0 Å². The van der Waals surface area contributed by atoms with E-state index in [4.69, 9.17) is 11.1 Å². The monoisotopic (exact) mass is 226 g/mol. The summed E-state index contributed by atoms with van der Waals surface area (Å²) in [6, 6.07) is 10.7. The fourth-order valence-electron chi connectivity index (χ4n) is 1.77. The van der Waals surface area contributed by atoms with Crippen molar-refractivity contribution >= 4 is 18.5 Å². The molecule has 0 radical (unpaired) electrons. The maximum Gasteiger partial charge on any atom is 0.153 e. The molecule has 0 bridgehead atoms. The molecule has 0 N–H and O–H groups in total. The van der Waals surface area contributed by atoms with Crippen LogP contribution in [0.15, 0.2) is 30.3 Å². The Balaban J connectivity index is 2.67. The van der Waals surface area contributed by atoms with Gasteiger partial charge in [0.05, 0.1) is 0 Å². The molecule has 0 saturated heterocycles. The van der Waals surface area contributed by atoms with Crippen molar-refractivity contribution in [2.75, 3.05) is 0 Å². The fourth-order valence-corrected chi connectivity index (χ4v) is 4.16. The predicted octanol–water partition coefficient (Wildman–Crippen LogP) is 4.45. The van der Waals surface area contributed by atoms with Crippen LogP contribution < -0.4 is 0 Å². The topological polar surface area (TPSA) is 0 Å². The molecule has 1 unspecified atom stereocenters. The second-order valence-electron chi connectivity index (χ2n) is 4.36. The van der Waals surface area contributed by atoms with E-state index < -0.39 is 7.38 Å². The van der Waals surface area contributed by atoms with Crippen LogP contribution in [0.1, 0.15) is 18.9 Å². The standard InChI is InChI=1S/C12H19ClSi/c1-4-12(14(2,3)13)10-11-8-6-5-7-9-11/h5-9,12H,4,10H2,1-3H3. The van der Waals surface area contributed by atoms with Crippen LogP contribution in [0.2, 0.25) is 18.6 Å². The number of hydrogen-bond acceptors (Lipinski definition) is 0. The summed E-state index contributed by atoms with van der Waals surface area (Å²) in [5.41, 5.74) is 2.10. The third-order valence-electron chi connectivity index (χ3n) is 2.79. The van der Waals surface area contributed by atoms with Gasteiger partial charge in [-0.2, -0.15) is 11.1 Å². The lowest BCUT2D eigenvalue weighted by Gasteiger charge is -2.25. The van der Waals surface area contributed by atoms with Gasteiger partial charge in [0.15, 0.2) is 7.38 Å². The van der Waals surface area contributed by atoms with Crippen molar-refractivity contribution in [1.82, 2.24) is 0 Å². The Morgan fingerprint density at radius 3 is 2.21 bits per heavy atom. The molecular weight excluding hydrogens is 208 g/mol. The largest absolute Gasteiger partial charge is 0.167 e. The molecule has 0 amide bonds. The van der Waals surface area contributed by atoms with Gasteiger partial charge in [0.25, 0.3) is 0 Å². The molecule has 0 nitrogen and oxygen atoms in total. The van der Waals surface area contributed by atoms with Gasteiger partial charge in [0, 0.05) is 0 Å². The van der Waals surface area contributed by atoms with Crippen LogP contribution in [-0.4, -0.2) is 7.38 Å². The molecule has 1 aromatic carbocycles. The number of halogens is 1. The zero-order valence-corrected chi connectivity index (χ0v) is 11.0. The first kappa shape index (κ1) is 11.8. The normalized spacial score (nSPS) is 14.0. The molecule has 0 aliphatic carbocycles. The van der Waals surface area contributed by atoms with E-state index in [1.54, 1.807) is 0 Å². The number of hydrogen-bond donors (Lipinski definition) is 0. The minimum Gasteiger partial charge on any atom is -0.167 e. The minimum atomic E-state index is -1.50. The molecule has 1 aromatic rings. The Kier molecular flexibility index (Phi) is 4.21. The van der Waals surface area contributed by atoms with Crippen LogP contribution in [0, 0.1) is 0 Å². The average Bonchev–Trinajstić information content (AvgIpc) is 2.14. The molecule has 1 rings (SSSR count). The minimum absolute atomic E-state index is 0.687. The smallest absolute Gasteiger partial charge is 0.153 e. The number of benzene rings is 1. The van der Waals surface area contributed by atoms with Gasteiger partial charge in [-0.1, -0.05) is 56.8 Å². The van der Waals surface area contributed by atoms with Gasteiger partial charge < -0.3 is 0 Å². The van der Waals surface area contributed by atoms with Gasteiger partial charge in [-0.05, 0) is 17.5 Å². The molecule has 78 valence electrons. The SMILES string of the molecule is CCC(Cc1ccccc1)[Si](C)(C)Cl. The van der Waals surface area contributed by atoms with Crippen molar-refractivity contribution in [3.63, 3.8) is 0 Å². The van der Waals surface area contributed by atoms with Gasteiger partial charge in [0.1, 0.15) is 0 Å². The third-order valence-corrected chi connectivity index (χ3v) is 6.27. The second kappa shape index (κ2) is 4.99. The quantitative estimate of drug-likeness (QED) is 0.526. The van der Waals surface area contributed by atoms with Gasteiger partial charge >= 0.3 is 0 Å². The number of rotatable bonds is 4. The summed E-state index contributed by atoms with van der Waals surface area (Å²) in [5, 5.41) is 0. The van der Waals surface area contributed by atoms with Crippen LogP contribution >= 0.6 is 11.1 Å². The van der Waals surface area contributed by atoms with E-state index in [-0.39, 0.29) is 0 Å². The Bertz CT molecular complexity index is 263. The maximum atomic E-state index is 6.49. The Morgan fingerprint density at radius 2 is 1.79 bits per heavy atom. The van der Waals surface area contributed by atoms with Crippen molar-refractivity contribution in [2.24, 2.45) is 0 Å². The van der Waals surface area contributed by atoms with Crippen molar-refractivity contribution in [3.05, 3.63) is 35.9 Å². The molecule has 0 aliphatic heterocycles. The lowest BCUT2D eigenvalue weighted by atomic mass is 10.1. The van der Waals surface area contributed by atoms with Crippen LogP contribution in [0.25, 0.3) is 0 Å². The van der Waals surface area contributed by atoms with Gasteiger partial charge in [0.2, 0.25) is 0 Å². The molecule has 14 heavy (non-hydrogen) atoms. The summed E-state index contributed by atoms with van der Waals surface area (Å²) in [4.78, 5) is 0. The summed E-state index contributed by atoms with van der Waals surface area (Å²) in [6.45, 7) is 6.72. The molecule has 0 aromatic heterocycles. The summed E-state index contributed by atoms with van der Waals surface area (Å²) >= 11 is 6.49. The molecule has 1 atom stereocenters. The van der Waals surface area contributed by atoms with E-state index in [0.29, 0.717) is 5.54 Å². The third kappa shape index (κ3) is 3.47. The highest BCUT2D eigenvalue weighted by Gasteiger charge is 2.28. The maximum absolute atomic E-state index is 6.49. The van der Waals surface area contributed by atoms with Gasteiger partial charge in [-0.15, -0.1) is 0 Å². The zero-order chi connectivity index (χ0) is 10.6. The zero-order valence-electron chi connectivity index (χ0n) is 9.26. The lowest BCUT2D eigenvalue weighted by Crippen LogP contribution is -2.26. The molecule has 0 heterocycles. The van der Waals surface area contributed by atoms with E-state index in [2.05, 4.69) is 50.3 Å². The van der Waals surface area contributed by atoms with Crippen LogP contribution in [0.4, 0.5) is 0 Å². The van der Waals surface area contributed by atoms with Gasteiger partial charge in [-0.3, -0.25) is 0 Å². The van der Waals surface area contributed by atoms with E-state index >= 15 is 0 Å². The summed E-state index contributed by atoms with van der Waals surface area (Å²) in [6.07, 6.45) is 2.33. The molecule has 0 aliphatic rings. The first-order valence-electron chi connectivity index (χ1n) is 5.27. The summed E-state index contributed by atoms with van der Waals surface area (Å²) in [5.74, 6) is 0. The van der Waals surface area contributed by atoms with Crippen LogP contribution in [0.5, 0.6) is 0 Å². The van der Waals surface area contributed by atoms with Crippen molar-refractivity contribution in [3.8, 4) is 0 Å². The van der Waals surface area contributed by atoms with Crippen molar-refractivity contribution in [1.29, 1.82) is 0 Å². The molecule has 0 saturated carbocycles. The van der Waals surface area contributed by atoms with Crippen LogP contribution in [-0.2, 0) is 6.42 Å². The van der Waals surface area contributed by atoms with E-state index in [1.165, 1.54) is 12.0 Å². The lowest BCUT2D eigenvalue weighted by molar-refractivity contribution is 0.768. The van der Waals surface area contributed by atoms with Crippen molar-refractivity contribution < 1.29 is 0 Å². The van der Waals surface area contributed by atoms with E-state index in [1.807, 2.05) is 0 Å². The first-order valence-corrected chi connectivity index (χ1v) is 9.35. The Hall–Kier alpha value is -0.273. The highest BCUT2D eigenvalue weighted by atomic mass is 35.6. The summed E-state index contributed by atoms with van der Waals surface area (Å²) in [7, 11) is -1.50. The van der Waals surface area contributed by atoms with Crippen LogP contribution in [0.3, 0.4) is 0 Å². The fraction of sp³-hybridized carbons (Fsp3) is 0.500. The average molecular weight is 227 g/mol. The van der Waals surface area contributed by atoms with Crippen molar-refractivity contribution in [2.45, 2.75) is 38.4 Å². The summed E-state index contributed by atoms with van der Waals surface area (Å²) < 4.78 is 0. The van der Waals surface area contributed by atoms with E-state index in [9.17, 15) is 0 Å². The first-order chi connectivity index (χ1) is 6.54. The predicted molar refractivity (Wildman–Crippen MR) is 67.5 cm³/mol. The highest BCUT2D eigenvalue weighted by Crippen LogP contribution is 2.31. The Labute approximate surface area is 93.0 Å². The van der Waals surface area contributed by atoms with E-state index in [0.717, 1.165) is 6.42 Å². The molecule has 2 heteroatoms. The molecule has 0 spiro atoms. The molecule has 0 fully saturated rings. The second-order valence-corrected chi connectivity index (χ2v) is 11.2. The Morgan fingerprint density at radius 1 is 1.21 bits per heavy atom. The molecular formula is C12H19ClSi.